The molecule has 1 aromatic rings. The fraction of sp³-hybridized carbons (Fsp3) is 0.600. The highest BCUT2D eigenvalue weighted by atomic mass is 127. The van der Waals surface area contributed by atoms with E-state index in [1.165, 1.54) is 5.75 Å². The maximum atomic E-state index is 12.0. The first kappa shape index (κ1) is 23.3. The molecule has 2 atom stereocenters. The summed E-state index contributed by atoms with van der Waals surface area (Å²) in [6, 6.07) is 10.5. The molecule has 2 aliphatic rings. The lowest BCUT2D eigenvalue weighted by atomic mass is 9.90. The van der Waals surface area contributed by atoms with Crippen molar-refractivity contribution in [1.29, 1.82) is 0 Å². The van der Waals surface area contributed by atoms with Crippen molar-refractivity contribution in [3.05, 3.63) is 35.9 Å². The summed E-state index contributed by atoms with van der Waals surface area (Å²) in [5, 5.41) is 6.75. The number of likely N-dealkylation sites (N-methyl/N-ethyl adjacent to an activating group) is 1. The molecule has 2 unspecified atom stereocenters. The highest BCUT2D eigenvalue weighted by Gasteiger charge is 2.40. The maximum absolute atomic E-state index is 12.0. The average Bonchev–Trinajstić information content (AvgIpc) is 3.11. The molecule has 1 amide bonds. The Morgan fingerprint density at radius 2 is 2.14 bits per heavy atom. The second kappa shape index (κ2) is 11.3. The number of thioether (sulfide) groups is 1. The summed E-state index contributed by atoms with van der Waals surface area (Å²) < 4.78 is 6.12. The van der Waals surface area contributed by atoms with Crippen molar-refractivity contribution in [1.82, 2.24) is 15.5 Å². The van der Waals surface area contributed by atoms with Crippen LogP contribution in [0.15, 0.2) is 35.3 Å². The van der Waals surface area contributed by atoms with Crippen molar-refractivity contribution < 1.29 is 9.53 Å². The highest BCUT2D eigenvalue weighted by Crippen LogP contribution is 2.38. The van der Waals surface area contributed by atoms with Crippen LogP contribution in [-0.2, 0) is 16.1 Å². The molecule has 2 fully saturated rings. The number of nitrogens with one attached hydrogen (secondary N) is 2. The Morgan fingerprint density at radius 3 is 2.82 bits per heavy atom. The van der Waals surface area contributed by atoms with Crippen molar-refractivity contribution in [2.75, 3.05) is 38.8 Å². The maximum Gasteiger partial charge on any atom is 0.241 e. The zero-order valence-corrected chi connectivity index (χ0v) is 19.8. The third-order valence-electron chi connectivity index (χ3n) is 5.07. The molecular formula is C20H31IN4O2S. The van der Waals surface area contributed by atoms with Crippen LogP contribution >= 0.6 is 35.7 Å². The van der Waals surface area contributed by atoms with Crippen molar-refractivity contribution in [3.63, 3.8) is 0 Å². The first-order valence-corrected chi connectivity index (χ1v) is 10.7. The summed E-state index contributed by atoms with van der Waals surface area (Å²) in [6.07, 6.45) is 3.08. The quantitative estimate of drug-likeness (QED) is 0.356. The van der Waals surface area contributed by atoms with Gasteiger partial charge in [-0.05, 0) is 30.6 Å². The number of hydrogen-bond acceptors (Lipinski definition) is 4. The zero-order valence-electron chi connectivity index (χ0n) is 16.6. The van der Waals surface area contributed by atoms with Gasteiger partial charge in [-0.25, -0.2) is 4.99 Å². The second-order valence-corrected chi connectivity index (χ2v) is 8.57. The topological polar surface area (TPSA) is 66.0 Å². The van der Waals surface area contributed by atoms with E-state index in [0.29, 0.717) is 18.5 Å². The summed E-state index contributed by atoms with van der Waals surface area (Å²) in [7, 11) is 3.52. The molecule has 0 aliphatic carbocycles. The predicted molar refractivity (Wildman–Crippen MR) is 126 cm³/mol. The van der Waals surface area contributed by atoms with Crippen LogP contribution in [0, 0.1) is 0 Å². The second-order valence-electron chi connectivity index (χ2n) is 7.46. The number of nitrogens with zero attached hydrogens (tertiary/aromatic N) is 2. The Hall–Kier alpha value is -1.000. The summed E-state index contributed by atoms with van der Waals surface area (Å²) >= 11 is 1.98. The van der Waals surface area contributed by atoms with Crippen LogP contribution in [0.25, 0.3) is 0 Å². The van der Waals surface area contributed by atoms with Gasteiger partial charge in [0.05, 0.1) is 18.7 Å². The lowest BCUT2D eigenvalue weighted by Crippen LogP contribution is -2.52. The van der Waals surface area contributed by atoms with Crippen molar-refractivity contribution >= 4 is 47.6 Å². The molecule has 28 heavy (non-hydrogen) atoms. The summed E-state index contributed by atoms with van der Waals surface area (Å²) in [6.45, 7) is 1.59. The van der Waals surface area contributed by atoms with Gasteiger partial charge in [0, 0.05) is 32.5 Å². The average molecular weight is 518 g/mol. The van der Waals surface area contributed by atoms with E-state index in [9.17, 15) is 4.79 Å². The van der Waals surface area contributed by atoms with Crippen LogP contribution in [0.2, 0.25) is 0 Å². The van der Waals surface area contributed by atoms with E-state index in [0.717, 1.165) is 37.2 Å². The fourth-order valence-electron chi connectivity index (χ4n) is 3.43. The minimum absolute atomic E-state index is 0. The first-order valence-electron chi connectivity index (χ1n) is 9.57. The molecule has 3 rings (SSSR count). The molecule has 2 heterocycles. The van der Waals surface area contributed by atoms with E-state index in [1.807, 2.05) is 30.0 Å². The van der Waals surface area contributed by atoms with E-state index >= 15 is 0 Å². The van der Waals surface area contributed by atoms with Gasteiger partial charge >= 0.3 is 0 Å². The molecular weight excluding hydrogens is 487 g/mol. The number of aliphatic imine (C=N–C) groups is 1. The van der Waals surface area contributed by atoms with Crippen molar-refractivity contribution in [2.45, 2.75) is 37.5 Å². The number of amides is 1. The number of rotatable bonds is 5. The molecule has 2 N–H and O–H groups in total. The summed E-state index contributed by atoms with van der Waals surface area (Å²) in [4.78, 5) is 18.3. The molecule has 8 heteroatoms. The number of benzene rings is 1. The molecule has 1 aromatic carbocycles. The van der Waals surface area contributed by atoms with Gasteiger partial charge in [0.2, 0.25) is 5.91 Å². The van der Waals surface area contributed by atoms with Crippen LogP contribution < -0.4 is 10.6 Å². The summed E-state index contributed by atoms with van der Waals surface area (Å²) in [5.74, 6) is 2.98. The Bertz CT molecular complexity index is 651. The molecule has 0 aromatic heterocycles. The van der Waals surface area contributed by atoms with Gasteiger partial charge in [-0.1, -0.05) is 30.3 Å². The van der Waals surface area contributed by atoms with E-state index in [1.54, 1.807) is 19.0 Å². The SMILES string of the molecule is CN(C)C(=O)CNC(=NCc1ccccc1)NC1CCOC2(CCSC2)C1.I. The molecule has 1 spiro atoms. The summed E-state index contributed by atoms with van der Waals surface area (Å²) in [5.41, 5.74) is 1.16. The number of hydrogen-bond donors (Lipinski definition) is 2. The first-order chi connectivity index (χ1) is 13.1. The van der Waals surface area contributed by atoms with Crippen LogP contribution in [-0.4, -0.2) is 67.2 Å². The number of guanidine groups is 1. The lowest BCUT2D eigenvalue weighted by molar-refractivity contribution is -0.127. The van der Waals surface area contributed by atoms with Crippen LogP contribution in [0.3, 0.4) is 0 Å². The Kier molecular flexibility index (Phi) is 9.36. The van der Waals surface area contributed by atoms with Gasteiger partial charge in [-0.15, -0.1) is 24.0 Å². The Morgan fingerprint density at radius 1 is 1.36 bits per heavy atom. The molecule has 0 saturated carbocycles. The van der Waals surface area contributed by atoms with E-state index < -0.39 is 0 Å². The minimum Gasteiger partial charge on any atom is -0.374 e. The number of ether oxygens (including phenoxy) is 1. The van der Waals surface area contributed by atoms with Crippen LogP contribution in [0.1, 0.15) is 24.8 Å². The Balaban J connectivity index is 0.00000280. The molecule has 0 radical (unpaired) electrons. The van der Waals surface area contributed by atoms with E-state index in [2.05, 4.69) is 22.8 Å². The molecule has 0 bridgehead atoms. The van der Waals surface area contributed by atoms with Crippen molar-refractivity contribution in [3.8, 4) is 0 Å². The highest BCUT2D eigenvalue weighted by molar-refractivity contribution is 14.0. The third-order valence-corrected chi connectivity index (χ3v) is 6.29. The number of halogens is 1. The van der Waals surface area contributed by atoms with E-state index in [-0.39, 0.29) is 42.0 Å². The third kappa shape index (κ3) is 6.81. The van der Waals surface area contributed by atoms with Crippen molar-refractivity contribution in [2.24, 2.45) is 4.99 Å². The number of carbonyl (C=O) groups excluding carboxylic acids is 1. The van der Waals surface area contributed by atoms with Gasteiger partial charge in [0.1, 0.15) is 0 Å². The molecule has 156 valence electrons. The van der Waals surface area contributed by atoms with Gasteiger partial charge in [0.15, 0.2) is 5.96 Å². The van der Waals surface area contributed by atoms with Gasteiger partial charge < -0.3 is 20.3 Å². The van der Waals surface area contributed by atoms with Crippen LogP contribution in [0.5, 0.6) is 0 Å². The van der Waals surface area contributed by atoms with Gasteiger partial charge in [-0.3, -0.25) is 4.79 Å². The number of carbonyl (C=O) groups is 1. The standard InChI is InChI=1S/C20H30N4O2S.HI/c1-24(2)18(25)14-22-19(21-13-16-6-4-3-5-7-16)23-17-8-10-26-20(12-17)9-11-27-15-20;/h3-7,17H,8-15H2,1-2H3,(H2,21,22,23);1H. The fourth-order valence-corrected chi connectivity index (χ4v) is 4.81. The minimum atomic E-state index is 0. The molecule has 6 nitrogen and oxygen atoms in total. The lowest BCUT2D eigenvalue weighted by Gasteiger charge is -2.38. The molecule has 2 aliphatic heterocycles. The van der Waals surface area contributed by atoms with E-state index in [4.69, 9.17) is 9.73 Å². The zero-order chi connectivity index (χ0) is 19.1. The monoisotopic (exact) mass is 518 g/mol. The normalized spacial score (nSPS) is 24.5. The predicted octanol–water partition coefficient (Wildman–Crippen LogP) is 2.48. The Labute approximate surface area is 189 Å². The largest absolute Gasteiger partial charge is 0.374 e. The molecule has 2 saturated heterocycles. The smallest absolute Gasteiger partial charge is 0.241 e. The van der Waals surface area contributed by atoms with Gasteiger partial charge in [-0.2, -0.15) is 11.8 Å². The van der Waals surface area contributed by atoms with Crippen LogP contribution in [0.4, 0.5) is 0 Å². The van der Waals surface area contributed by atoms with Gasteiger partial charge in [0.25, 0.3) is 0 Å².